The standard InChI is InChI=1S/C14H9Cl3N2/c15-8-14-18-12-6-3-10(17)7-13(12)19(14)11-4-1-9(16)2-5-11/h1-7H,8H2. The maximum atomic E-state index is 6.06. The molecule has 1 heterocycles. The minimum atomic E-state index is 0.328. The van der Waals surface area contributed by atoms with Crippen LogP contribution in [-0.2, 0) is 5.88 Å². The molecule has 0 atom stereocenters. The lowest BCUT2D eigenvalue weighted by Crippen LogP contribution is -1.98. The van der Waals surface area contributed by atoms with Crippen LogP contribution in [0.1, 0.15) is 5.82 Å². The van der Waals surface area contributed by atoms with Gasteiger partial charge in [0.25, 0.3) is 0 Å². The fourth-order valence-corrected chi connectivity index (χ4v) is 2.54. The number of alkyl halides is 1. The number of hydrogen-bond donors (Lipinski definition) is 0. The van der Waals surface area contributed by atoms with Crippen molar-refractivity contribution in [3.63, 3.8) is 0 Å². The van der Waals surface area contributed by atoms with E-state index in [4.69, 9.17) is 34.8 Å². The van der Waals surface area contributed by atoms with E-state index in [2.05, 4.69) is 4.98 Å². The molecule has 0 aliphatic heterocycles. The van der Waals surface area contributed by atoms with Crippen molar-refractivity contribution >= 4 is 45.8 Å². The zero-order chi connectivity index (χ0) is 13.4. The normalized spacial score (nSPS) is 11.1. The van der Waals surface area contributed by atoms with E-state index >= 15 is 0 Å². The van der Waals surface area contributed by atoms with Crippen molar-refractivity contribution in [3.05, 3.63) is 58.3 Å². The van der Waals surface area contributed by atoms with Gasteiger partial charge in [-0.3, -0.25) is 4.57 Å². The molecule has 0 amide bonds. The highest BCUT2D eigenvalue weighted by Gasteiger charge is 2.11. The van der Waals surface area contributed by atoms with Gasteiger partial charge in [-0.15, -0.1) is 11.6 Å². The van der Waals surface area contributed by atoms with Gasteiger partial charge < -0.3 is 0 Å². The summed E-state index contributed by atoms with van der Waals surface area (Å²) in [4.78, 5) is 4.51. The zero-order valence-electron chi connectivity index (χ0n) is 9.78. The Morgan fingerprint density at radius 1 is 0.947 bits per heavy atom. The molecule has 0 saturated heterocycles. The summed E-state index contributed by atoms with van der Waals surface area (Å²) in [7, 11) is 0. The van der Waals surface area contributed by atoms with Crippen molar-refractivity contribution < 1.29 is 0 Å². The second kappa shape index (κ2) is 5.04. The van der Waals surface area contributed by atoms with Crippen molar-refractivity contribution in [2.24, 2.45) is 0 Å². The molecule has 19 heavy (non-hydrogen) atoms. The number of fused-ring (bicyclic) bond motifs is 1. The van der Waals surface area contributed by atoms with E-state index in [-0.39, 0.29) is 0 Å². The number of hydrogen-bond acceptors (Lipinski definition) is 1. The summed E-state index contributed by atoms with van der Waals surface area (Å²) in [6, 6.07) is 13.1. The number of nitrogens with zero attached hydrogens (tertiary/aromatic N) is 2. The summed E-state index contributed by atoms with van der Waals surface area (Å²) >= 11 is 18.0. The fourth-order valence-electron chi connectivity index (χ4n) is 2.07. The first kappa shape index (κ1) is 12.8. The first-order chi connectivity index (χ1) is 9.19. The van der Waals surface area contributed by atoms with Crippen molar-refractivity contribution in [1.29, 1.82) is 0 Å². The molecule has 1 aromatic heterocycles. The van der Waals surface area contributed by atoms with Gasteiger partial charge in [0.2, 0.25) is 0 Å². The van der Waals surface area contributed by atoms with Crippen molar-refractivity contribution in [3.8, 4) is 5.69 Å². The first-order valence-electron chi connectivity index (χ1n) is 5.68. The maximum Gasteiger partial charge on any atom is 0.129 e. The molecule has 5 heteroatoms. The highest BCUT2D eigenvalue weighted by Crippen LogP contribution is 2.26. The van der Waals surface area contributed by atoms with Gasteiger partial charge in [0.05, 0.1) is 16.9 Å². The minimum Gasteiger partial charge on any atom is -0.295 e. The predicted molar refractivity (Wildman–Crippen MR) is 80.6 cm³/mol. The molecule has 0 fully saturated rings. The molecule has 0 aliphatic carbocycles. The minimum absolute atomic E-state index is 0.328. The molecule has 0 saturated carbocycles. The smallest absolute Gasteiger partial charge is 0.129 e. The summed E-state index contributed by atoms with van der Waals surface area (Å²) in [5.74, 6) is 1.11. The van der Waals surface area contributed by atoms with Gasteiger partial charge in [0.1, 0.15) is 5.82 Å². The Balaban J connectivity index is 2.31. The Morgan fingerprint density at radius 2 is 1.63 bits per heavy atom. The van der Waals surface area contributed by atoms with Gasteiger partial charge in [-0.1, -0.05) is 23.2 Å². The number of imidazole rings is 1. The first-order valence-corrected chi connectivity index (χ1v) is 6.97. The number of benzene rings is 2. The maximum absolute atomic E-state index is 6.06. The van der Waals surface area contributed by atoms with E-state index in [0.29, 0.717) is 15.9 Å². The lowest BCUT2D eigenvalue weighted by atomic mass is 10.3. The van der Waals surface area contributed by atoms with Gasteiger partial charge in [-0.2, -0.15) is 0 Å². The fraction of sp³-hybridized carbons (Fsp3) is 0.0714. The monoisotopic (exact) mass is 310 g/mol. The molecule has 3 rings (SSSR count). The Hall–Kier alpha value is -1.22. The largest absolute Gasteiger partial charge is 0.295 e. The van der Waals surface area contributed by atoms with Gasteiger partial charge in [-0.25, -0.2) is 4.98 Å². The molecule has 0 spiro atoms. The van der Waals surface area contributed by atoms with Gasteiger partial charge in [0, 0.05) is 15.7 Å². The molecule has 0 aliphatic rings. The third-order valence-corrected chi connectivity index (χ3v) is 3.62. The average molecular weight is 312 g/mol. The quantitative estimate of drug-likeness (QED) is 0.604. The van der Waals surface area contributed by atoms with Crippen LogP contribution in [0.2, 0.25) is 10.0 Å². The number of halogens is 3. The second-order valence-electron chi connectivity index (χ2n) is 4.11. The Bertz CT molecular complexity index is 732. The Morgan fingerprint density at radius 3 is 2.32 bits per heavy atom. The van der Waals surface area contributed by atoms with Crippen LogP contribution in [0.4, 0.5) is 0 Å². The van der Waals surface area contributed by atoms with E-state index in [9.17, 15) is 0 Å². The second-order valence-corrected chi connectivity index (χ2v) is 5.25. The van der Waals surface area contributed by atoms with Crippen molar-refractivity contribution in [1.82, 2.24) is 9.55 Å². The van der Waals surface area contributed by atoms with Crippen LogP contribution in [0.25, 0.3) is 16.7 Å². The third kappa shape index (κ3) is 2.32. The van der Waals surface area contributed by atoms with Crippen LogP contribution in [0.15, 0.2) is 42.5 Å². The van der Waals surface area contributed by atoms with E-state index < -0.39 is 0 Å². The molecule has 0 bridgehead atoms. The molecule has 96 valence electrons. The van der Waals surface area contributed by atoms with Gasteiger partial charge in [-0.05, 0) is 42.5 Å². The van der Waals surface area contributed by atoms with Crippen molar-refractivity contribution in [2.45, 2.75) is 5.88 Å². The van der Waals surface area contributed by atoms with Crippen molar-refractivity contribution in [2.75, 3.05) is 0 Å². The Kier molecular flexibility index (Phi) is 3.40. The highest BCUT2D eigenvalue weighted by atomic mass is 35.5. The third-order valence-electron chi connectivity index (χ3n) is 2.89. The summed E-state index contributed by atoms with van der Waals surface area (Å²) in [5.41, 5.74) is 2.77. The average Bonchev–Trinajstić information content (AvgIpc) is 2.77. The zero-order valence-corrected chi connectivity index (χ0v) is 12.0. The summed E-state index contributed by atoms with van der Waals surface area (Å²) in [6.45, 7) is 0. The molecule has 2 nitrogen and oxygen atoms in total. The molecular weight excluding hydrogens is 303 g/mol. The Labute approximate surface area is 125 Å². The number of rotatable bonds is 2. The molecule has 3 aromatic rings. The summed E-state index contributed by atoms with van der Waals surface area (Å²) < 4.78 is 1.99. The van der Waals surface area contributed by atoms with Crippen LogP contribution in [-0.4, -0.2) is 9.55 Å². The van der Waals surface area contributed by atoms with E-state index in [1.165, 1.54) is 0 Å². The van der Waals surface area contributed by atoms with E-state index in [1.807, 2.05) is 47.0 Å². The molecule has 0 radical (unpaired) electrons. The lowest BCUT2D eigenvalue weighted by Gasteiger charge is -2.07. The summed E-state index contributed by atoms with van der Waals surface area (Å²) in [5, 5.41) is 1.36. The summed E-state index contributed by atoms with van der Waals surface area (Å²) in [6.07, 6.45) is 0. The van der Waals surface area contributed by atoms with Crippen LogP contribution in [0, 0.1) is 0 Å². The lowest BCUT2D eigenvalue weighted by molar-refractivity contribution is 0.982. The van der Waals surface area contributed by atoms with Gasteiger partial charge >= 0.3 is 0 Å². The van der Waals surface area contributed by atoms with Crippen LogP contribution in [0.5, 0.6) is 0 Å². The van der Waals surface area contributed by atoms with Crippen LogP contribution in [0.3, 0.4) is 0 Å². The van der Waals surface area contributed by atoms with Crippen LogP contribution < -0.4 is 0 Å². The van der Waals surface area contributed by atoms with E-state index in [1.54, 1.807) is 0 Å². The predicted octanol–water partition coefficient (Wildman–Crippen LogP) is 5.07. The van der Waals surface area contributed by atoms with E-state index in [0.717, 1.165) is 22.5 Å². The molecule has 0 unspecified atom stereocenters. The topological polar surface area (TPSA) is 17.8 Å². The molecule has 0 N–H and O–H groups in total. The number of aromatic nitrogens is 2. The molecule has 2 aromatic carbocycles. The molecular formula is C14H9Cl3N2. The SMILES string of the molecule is ClCc1nc2ccc(Cl)cc2n1-c1ccc(Cl)cc1. The van der Waals surface area contributed by atoms with Gasteiger partial charge in [0.15, 0.2) is 0 Å². The van der Waals surface area contributed by atoms with Crippen LogP contribution >= 0.6 is 34.8 Å². The highest BCUT2D eigenvalue weighted by molar-refractivity contribution is 6.31.